The Morgan fingerprint density at radius 3 is 2.39 bits per heavy atom. The van der Waals surface area contributed by atoms with Gasteiger partial charge in [-0.25, -0.2) is 0 Å². The molecule has 38 heavy (non-hydrogen) atoms. The van der Waals surface area contributed by atoms with Crippen LogP contribution in [0, 0.1) is 10.5 Å². The largest absolute Gasteiger partial charge is 0.493 e. The fourth-order valence-electron chi connectivity index (χ4n) is 3.76. The second kappa shape index (κ2) is 12.5. The third-order valence-corrected chi connectivity index (χ3v) is 7.58. The number of aryl methyl sites for hydroxylation is 2. The van der Waals surface area contributed by atoms with Gasteiger partial charge in [0.1, 0.15) is 13.2 Å². The summed E-state index contributed by atoms with van der Waals surface area (Å²) >= 11 is 2.96. The van der Waals surface area contributed by atoms with Crippen molar-refractivity contribution in [2.45, 2.75) is 26.9 Å². The molecule has 4 rings (SSSR count). The Morgan fingerprint density at radius 1 is 1.05 bits per heavy atom. The zero-order valence-electron chi connectivity index (χ0n) is 21.2. The van der Waals surface area contributed by atoms with Gasteiger partial charge < -0.3 is 14.8 Å². The smallest absolute Gasteiger partial charge is 0.294 e. The topological polar surface area (TPSA) is 84.9 Å². The van der Waals surface area contributed by atoms with Crippen molar-refractivity contribution in [2.75, 3.05) is 19.0 Å². The van der Waals surface area contributed by atoms with Crippen LogP contribution in [-0.4, -0.2) is 35.6 Å². The van der Waals surface area contributed by atoms with E-state index in [4.69, 9.17) is 9.47 Å². The van der Waals surface area contributed by atoms with E-state index in [0.717, 1.165) is 37.8 Å². The quantitative estimate of drug-likeness (QED) is 0.214. The van der Waals surface area contributed by atoms with Crippen LogP contribution in [0.5, 0.6) is 11.5 Å². The van der Waals surface area contributed by atoms with Crippen molar-refractivity contribution in [2.24, 2.45) is 0 Å². The molecule has 3 amide bonds. The highest BCUT2D eigenvalue weighted by Gasteiger charge is 2.36. The summed E-state index contributed by atoms with van der Waals surface area (Å²) in [6.45, 7) is 4.11. The molecule has 0 unspecified atom stereocenters. The van der Waals surface area contributed by atoms with Crippen LogP contribution in [0.2, 0.25) is 0 Å². The Labute approximate surface area is 239 Å². The van der Waals surface area contributed by atoms with Gasteiger partial charge in [0, 0.05) is 5.69 Å². The van der Waals surface area contributed by atoms with Crippen LogP contribution in [-0.2, 0) is 22.6 Å². The molecule has 7 nitrogen and oxygen atoms in total. The van der Waals surface area contributed by atoms with Crippen molar-refractivity contribution in [3.63, 3.8) is 0 Å². The summed E-state index contributed by atoms with van der Waals surface area (Å²) in [5.41, 5.74) is 4.66. The van der Waals surface area contributed by atoms with Gasteiger partial charge in [-0.3, -0.25) is 19.3 Å². The van der Waals surface area contributed by atoms with Crippen molar-refractivity contribution in [3.8, 4) is 11.5 Å². The van der Waals surface area contributed by atoms with Gasteiger partial charge in [0.2, 0.25) is 5.91 Å². The first-order valence-corrected chi connectivity index (χ1v) is 13.9. The van der Waals surface area contributed by atoms with E-state index in [1.807, 2.05) is 56.3 Å². The molecular formula is C29H27IN2O5S. The molecule has 3 aromatic carbocycles. The number of nitrogens with zero attached hydrogens (tertiary/aromatic N) is 1. The highest BCUT2D eigenvalue weighted by Crippen LogP contribution is 2.37. The number of imide groups is 1. The number of amides is 3. The maximum Gasteiger partial charge on any atom is 0.294 e. The van der Waals surface area contributed by atoms with Crippen molar-refractivity contribution in [3.05, 3.63) is 91.4 Å². The highest BCUT2D eigenvalue weighted by molar-refractivity contribution is 14.1. The van der Waals surface area contributed by atoms with E-state index >= 15 is 0 Å². The summed E-state index contributed by atoms with van der Waals surface area (Å²) < 4.78 is 12.4. The predicted octanol–water partition coefficient (Wildman–Crippen LogP) is 6.42. The maximum atomic E-state index is 13.0. The number of benzene rings is 3. The maximum absolute atomic E-state index is 13.0. The second-order valence-electron chi connectivity index (χ2n) is 8.67. The lowest BCUT2D eigenvalue weighted by Gasteiger charge is -2.14. The van der Waals surface area contributed by atoms with Gasteiger partial charge in [-0.05, 0) is 94.7 Å². The number of thioether (sulfide) groups is 1. The third-order valence-electron chi connectivity index (χ3n) is 5.87. The summed E-state index contributed by atoms with van der Waals surface area (Å²) in [6, 6.07) is 19.2. The van der Waals surface area contributed by atoms with Gasteiger partial charge in [0.25, 0.3) is 11.1 Å². The molecule has 3 aromatic rings. The number of hydrogen-bond acceptors (Lipinski definition) is 6. The molecule has 9 heteroatoms. The zero-order valence-corrected chi connectivity index (χ0v) is 24.2. The molecule has 0 atom stereocenters. The fraction of sp³-hybridized carbons (Fsp3) is 0.207. The highest BCUT2D eigenvalue weighted by atomic mass is 127. The summed E-state index contributed by atoms with van der Waals surface area (Å²) in [5.74, 6) is 0.166. The van der Waals surface area contributed by atoms with Crippen LogP contribution >= 0.6 is 34.4 Å². The van der Waals surface area contributed by atoms with E-state index in [2.05, 4.69) is 27.9 Å². The molecule has 0 bridgehead atoms. The number of halogens is 1. The lowest BCUT2D eigenvalue weighted by molar-refractivity contribution is -0.127. The summed E-state index contributed by atoms with van der Waals surface area (Å²) in [7, 11) is 1.55. The Kier molecular flexibility index (Phi) is 9.11. The van der Waals surface area contributed by atoms with Crippen LogP contribution < -0.4 is 14.8 Å². The molecule has 0 aromatic heterocycles. The number of carbonyl (C=O) groups is 3. The normalized spacial score (nSPS) is 14.2. The predicted molar refractivity (Wildman–Crippen MR) is 158 cm³/mol. The number of ether oxygens (including phenoxy) is 2. The Bertz CT molecular complexity index is 1390. The minimum Gasteiger partial charge on any atom is -0.493 e. The van der Waals surface area contributed by atoms with Crippen molar-refractivity contribution in [1.29, 1.82) is 0 Å². The van der Waals surface area contributed by atoms with Gasteiger partial charge in [-0.15, -0.1) is 0 Å². The van der Waals surface area contributed by atoms with Crippen LogP contribution in [0.3, 0.4) is 0 Å². The Balaban J connectivity index is 1.44. The zero-order chi connectivity index (χ0) is 27.2. The molecule has 1 heterocycles. The van der Waals surface area contributed by atoms with Crippen molar-refractivity contribution in [1.82, 2.24) is 4.90 Å². The average Bonchev–Trinajstić information content (AvgIpc) is 3.16. The number of methoxy groups -OCH3 is 1. The average molecular weight is 643 g/mol. The lowest BCUT2D eigenvalue weighted by atomic mass is 10.1. The molecule has 196 valence electrons. The van der Waals surface area contributed by atoms with Crippen LogP contribution in [0.25, 0.3) is 6.08 Å². The molecule has 1 aliphatic heterocycles. The molecule has 0 saturated carbocycles. The number of nitrogens with one attached hydrogen (secondary N) is 1. The van der Waals surface area contributed by atoms with Crippen LogP contribution in [0.1, 0.15) is 29.2 Å². The van der Waals surface area contributed by atoms with Gasteiger partial charge in [-0.2, -0.15) is 0 Å². The first-order chi connectivity index (χ1) is 18.3. The molecule has 1 fully saturated rings. The first kappa shape index (κ1) is 27.7. The standard InChI is InChI=1S/C29H27IN2O5S/c1-4-19-9-11-22(12-10-19)31-26(33)16-32-28(34)25(38-29(32)35)15-21-13-23(30)27(24(14-21)36-3)37-17-20-7-5-18(2)6-8-20/h5-15H,4,16-17H2,1-3H3,(H,31,33)/b25-15-. The number of rotatable bonds is 9. The van der Waals surface area contributed by atoms with E-state index in [0.29, 0.717) is 29.4 Å². The SMILES string of the molecule is CCc1ccc(NC(=O)CN2C(=O)S/C(=C\c3cc(I)c(OCc4ccc(C)cc4)c(OC)c3)C2=O)cc1. The number of hydrogen-bond donors (Lipinski definition) is 1. The van der Waals surface area contributed by atoms with Crippen LogP contribution in [0.4, 0.5) is 10.5 Å². The first-order valence-electron chi connectivity index (χ1n) is 12.0. The van der Waals surface area contributed by atoms with Gasteiger partial charge in [0.15, 0.2) is 11.5 Å². The third kappa shape index (κ3) is 6.76. The number of carbonyl (C=O) groups excluding carboxylic acids is 3. The molecule has 1 aliphatic rings. The van der Waals surface area contributed by atoms with E-state index in [1.165, 1.54) is 5.56 Å². The monoisotopic (exact) mass is 642 g/mol. The van der Waals surface area contributed by atoms with E-state index in [1.54, 1.807) is 31.4 Å². The fourth-order valence-corrected chi connectivity index (χ4v) is 5.38. The van der Waals surface area contributed by atoms with Gasteiger partial charge in [0.05, 0.1) is 15.6 Å². The van der Waals surface area contributed by atoms with Crippen molar-refractivity contribution >= 4 is 63.2 Å². The second-order valence-corrected chi connectivity index (χ2v) is 10.8. The van der Waals surface area contributed by atoms with E-state index in [9.17, 15) is 14.4 Å². The minimum atomic E-state index is -0.509. The summed E-state index contributed by atoms with van der Waals surface area (Å²) in [5, 5.41) is 2.25. The summed E-state index contributed by atoms with van der Waals surface area (Å²) in [6.07, 6.45) is 2.52. The Morgan fingerprint density at radius 2 is 1.74 bits per heavy atom. The molecule has 1 N–H and O–H groups in total. The minimum absolute atomic E-state index is 0.237. The number of anilines is 1. The molecule has 1 saturated heterocycles. The van der Waals surface area contributed by atoms with E-state index in [-0.39, 0.29) is 11.4 Å². The molecular weight excluding hydrogens is 615 g/mol. The van der Waals surface area contributed by atoms with Crippen molar-refractivity contribution < 1.29 is 23.9 Å². The lowest BCUT2D eigenvalue weighted by Crippen LogP contribution is -2.36. The molecule has 0 spiro atoms. The summed E-state index contributed by atoms with van der Waals surface area (Å²) in [4.78, 5) is 39.2. The molecule has 0 radical (unpaired) electrons. The van der Waals surface area contributed by atoms with Crippen LogP contribution in [0.15, 0.2) is 65.6 Å². The Hall–Kier alpha value is -3.31. The van der Waals surface area contributed by atoms with Gasteiger partial charge in [-0.1, -0.05) is 48.9 Å². The molecule has 0 aliphatic carbocycles. The van der Waals surface area contributed by atoms with E-state index < -0.39 is 17.1 Å². The van der Waals surface area contributed by atoms with Gasteiger partial charge >= 0.3 is 0 Å².